The molecule has 4 aromatic heterocycles. The number of fused-ring (bicyclic) bond motifs is 9. The van der Waals surface area contributed by atoms with E-state index in [1.807, 2.05) is 83.4 Å². The van der Waals surface area contributed by atoms with Gasteiger partial charge >= 0.3 is 0 Å². The lowest BCUT2D eigenvalue weighted by Gasteiger charge is -2.04. The minimum absolute atomic E-state index is 0.394. The first-order chi connectivity index (χ1) is 20.7. The highest BCUT2D eigenvalue weighted by atomic mass is 32.1. The van der Waals surface area contributed by atoms with E-state index >= 15 is 0 Å². The molecule has 198 valence electrons. The number of para-hydroxylation sites is 3. The summed E-state index contributed by atoms with van der Waals surface area (Å²) in [5, 5.41) is 15.2. The van der Waals surface area contributed by atoms with E-state index in [2.05, 4.69) is 16.3 Å². The van der Waals surface area contributed by atoms with Gasteiger partial charge in [-0.3, -0.25) is 14.2 Å². The SMILES string of the molecule is O=c1c2cc3oc4ccccc4c3cc2c2cc3c4ccccc4n(-c4nncs4)c3cc2c(=O)n1-c1ccccc1. The van der Waals surface area contributed by atoms with E-state index in [0.29, 0.717) is 37.9 Å². The summed E-state index contributed by atoms with van der Waals surface area (Å²) in [4.78, 5) is 28.8. The monoisotopic (exact) mass is 562 g/mol. The molecule has 0 atom stereocenters. The summed E-state index contributed by atoms with van der Waals surface area (Å²) in [5.74, 6) is 0. The Kier molecular flexibility index (Phi) is 4.66. The van der Waals surface area contributed by atoms with Crippen LogP contribution in [0.4, 0.5) is 0 Å². The van der Waals surface area contributed by atoms with Gasteiger partial charge in [-0.1, -0.05) is 65.9 Å². The van der Waals surface area contributed by atoms with Crippen molar-refractivity contribution in [1.29, 1.82) is 0 Å². The van der Waals surface area contributed by atoms with Gasteiger partial charge in [0.05, 0.1) is 27.5 Å². The van der Waals surface area contributed by atoms with Gasteiger partial charge in [0.25, 0.3) is 11.1 Å². The molecule has 42 heavy (non-hydrogen) atoms. The zero-order valence-electron chi connectivity index (χ0n) is 21.8. The van der Waals surface area contributed by atoms with Gasteiger partial charge in [0.1, 0.15) is 16.7 Å². The molecule has 9 rings (SSSR count). The third-order valence-corrected chi connectivity index (χ3v) is 8.71. The third-order valence-electron chi connectivity index (χ3n) is 8.04. The molecule has 0 N–H and O–H groups in total. The van der Waals surface area contributed by atoms with Gasteiger partial charge in [-0.2, -0.15) is 0 Å². The van der Waals surface area contributed by atoms with Crippen molar-refractivity contribution in [2.45, 2.75) is 0 Å². The van der Waals surface area contributed by atoms with E-state index in [0.717, 1.165) is 38.2 Å². The number of furan rings is 1. The first kappa shape index (κ1) is 23.1. The number of nitrogens with zero attached hydrogens (tertiary/aromatic N) is 4. The molecule has 0 aliphatic rings. The normalized spacial score (nSPS) is 12.0. The van der Waals surface area contributed by atoms with Crippen molar-refractivity contribution in [3.8, 4) is 10.8 Å². The van der Waals surface area contributed by atoms with Crippen molar-refractivity contribution in [3.63, 3.8) is 0 Å². The first-order valence-corrected chi connectivity index (χ1v) is 14.3. The van der Waals surface area contributed by atoms with E-state index in [-0.39, 0.29) is 0 Å². The Morgan fingerprint density at radius 3 is 2.02 bits per heavy atom. The molecule has 5 aromatic carbocycles. The van der Waals surface area contributed by atoms with Crippen LogP contribution in [0.1, 0.15) is 0 Å². The summed E-state index contributed by atoms with van der Waals surface area (Å²) in [6, 6.07) is 32.7. The molecule has 8 heteroatoms. The van der Waals surface area contributed by atoms with Crippen LogP contribution < -0.4 is 11.1 Å². The molecule has 0 aliphatic carbocycles. The molecular weight excluding hydrogens is 544 g/mol. The maximum atomic E-state index is 14.5. The van der Waals surface area contributed by atoms with E-state index in [1.54, 1.807) is 23.7 Å². The Labute approximate surface area is 240 Å². The molecule has 4 heterocycles. The molecule has 7 nitrogen and oxygen atoms in total. The second-order valence-electron chi connectivity index (χ2n) is 10.3. The molecule has 0 saturated carbocycles. The molecule has 0 unspecified atom stereocenters. The summed E-state index contributed by atoms with van der Waals surface area (Å²) < 4.78 is 9.46. The highest BCUT2D eigenvalue weighted by molar-refractivity contribution is 7.11. The van der Waals surface area contributed by atoms with Gasteiger partial charge in [-0.15, -0.1) is 10.2 Å². The minimum atomic E-state index is -0.402. The fourth-order valence-electron chi connectivity index (χ4n) is 6.20. The van der Waals surface area contributed by atoms with Gasteiger partial charge in [-0.05, 0) is 59.3 Å². The molecule has 0 radical (unpaired) electrons. The highest BCUT2D eigenvalue weighted by Crippen LogP contribution is 2.37. The zero-order chi connectivity index (χ0) is 27.9. The number of hydrogen-bond acceptors (Lipinski definition) is 6. The van der Waals surface area contributed by atoms with Crippen LogP contribution in [-0.4, -0.2) is 19.3 Å². The van der Waals surface area contributed by atoms with Crippen molar-refractivity contribution in [2.24, 2.45) is 0 Å². The highest BCUT2D eigenvalue weighted by Gasteiger charge is 2.20. The van der Waals surface area contributed by atoms with Gasteiger partial charge < -0.3 is 4.42 Å². The predicted octanol–water partition coefficient (Wildman–Crippen LogP) is 7.35. The molecule has 0 amide bonds. The van der Waals surface area contributed by atoms with E-state index < -0.39 is 11.1 Å². The largest absolute Gasteiger partial charge is 0.456 e. The zero-order valence-corrected chi connectivity index (χ0v) is 22.6. The maximum absolute atomic E-state index is 14.5. The van der Waals surface area contributed by atoms with Crippen LogP contribution in [0.2, 0.25) is 0 Å². The van der Waals surface area contributed by atoms with Crippen LogP contribution in [0.25, 0.3) is 76.1 Å². The van der Waals surface area contributed by atoms with Gasteiger partial charge in [-0.25, -0.2) is 4.57 Å². The molecule has 0 aliphatic heterocycles. The number of rotatable bonds is 2. The standard InChI is InChI=1S/C34H18N4O3S/c39-32-26-16-29-24(20-10-4-6-12-28(20)38(29)34-36-35-18-42-34)14-22(26)23-15-25-21-11-5-7-13-30(21)41-31(25)17-27(23)33(40)37(32)19-8-2-1-3-9-19/h1-18H. The van der Waals surface area contributed by atoms with Crippen LogP contribution >= 0.6 is 11.3 Å². The molecular formula is C34H18N4O3S. The van der Waals surface area contributed by atoms with Crippen LogP contribution in [0, 0.1) is 0 Å². The van der Waals surface area contributed by atoms with Gasteiger partial charge in [0, 0.05) is 21.5 Å². The lowest BCUT2D eigenvalue weighted by molar-refractivity contribution is 0.669. The Hall–Kier alpha value is -5.60. The Balaban J connectivity index is 1.57. The quantitative estimate of drug-likeness (QED) is 0.220. The maximum Gasteiger partial charge on any atom is 0.266 e. The minimum Gasteiger partial charge on any atom is -0.456 e. The molecule has 9 aromatic rings. The molecule has 0 fully saturated rings. The smallest absolute Gasteiger partial charge is 0.266 e. The topological polar surface area (TPSA) is 82.9 Å². The Bertz CT molecular complexity index is 2670. The number of benzene rings is 5. The second kappa shape index (κ2) is 8.45. The molecule has 0 spiro atoms. The number of hydrogen-bond donors (Lipinski definition) is 0. The van der Waals surface area contributed by atoms with Crippen LogP contribution in [0.3, 0.4) is 0 Å². The second-order valence-corrected chi connectivity index (χ2v) is 11.1. The average molecular weight is 563 g/mol. The van der Waals surface area contributed by atoms with Crippen LogP contribution in [0.5, 0.6) is 0 Å². The van der Waals surface area contributed by atoms with Crippen molar-refractivity contribution in [2.75, 3.05) is 0 Å². The van der Waals surface area contributed by atoms with Crippen LogP contribution in [0.15, 0.2) is 123 Å². The van der Waals surface area contributed by atoms with Gasteiger partial charge in [0.15, 0.2) is 0 Å². The number of aromatic nitrogens is 4. The first-order valence-electron chi connectivity index (χ1n) is 13.4. The summed E-state index contributed by atoms with van der Waals surface area (Å²) in [7, 11) is 0. The van der Waals surface area contributed by atoms with Crippen LogP contribution in [-0.2, 0) is 0 Å². The Morgan fingerprint density at radius 1 is 0.548 bits per heavy atom. The summed E-state index contributed by atoms with van der Waals surface area (Å²) in [6.45, 7) is 0. The fraction of sp³-hybridized carbons (Fsp3) is 0. The van der Waals surface area contributed by atoms with Crippen molar-refractivity contribution >= 4 is 76.6 Å². The third kappa shape index (κ3) is 3.09. The lowest BCUT2D eigenvalue weighted by atomic mass is 10.0. The van der Waals surface area contributed by atoms with Crippen molar-refractivity contribution in [1.82, 2.24) is 19.3 Å². The summed E-state index contributed by atoms with van der Waals surface area (Å²) in [6.07, 6.45) is 0. The van der Waals surface area contributed by atoms with Crippen molar-refractivity contribution < 1.29 is 4.42 Å². The van der Waals surface area contributed by atoms with E-state index in [1.165, 1.54) is 15.9 Å². The van der Waals surface area contributed by atoms with Gasteiger partial charge in [0.2, 0.25) is 5.13 Å². The Morgan fingerprint density at radius 2 is 1.24 bits per heavy atom. The van der Waals surface area contributed by atoms with E-state index in [9.17, 15) is 9.59 Å². The van der Waals surface area contributed by atoms with E-state index in [4.69, 9.17) is 4.42 Å². The molecule has 0 bridgehead atoms. The van der Waals surface area contributed by atoms with Crippen molar-refractivity contribution in [3.05, 3.63) is 129 Å². The summed E-state index contributed by atoms with van der Waals surface area (Å²) >= 11 is 1.42. The average Bonchev–Trinajstić information content (AvgIpc) is 3.75. The predicted molar refractivity (Wildman–Crippen MR) is 168 cm³/mol. The lowest BCUT2D eigenvalue weighted by Crippen LogP contribution is -2.28. The fourth-order valence-corrected chi connectivity index (χ4v) is 6.79. The summed E-state index contributed by atoms with van der Waals surface area (Å²) in [5.41, 5.74) is 4.52. The molecule has 0 saturated heterocycles.